The highest BCUT2D eigenvalue weighted by Gasteiger charge is 2.33. The molecule has 0 atom stereocenters. The Kier molecular flexibility index (Phi) is 6.81. The van der Waals surface area contributed by atoms with Gasteiger partial charge in [0, 0.05) is 12.8 Å². The van der Waals surface area contributed by atoms with E-state index < -0.39 is 39.2 Å². The van der Waals surface area contributed by atoms with E-state index >= 15 is 0 Å². The number of carbonyl (C=O) groups excluding carboxylic acids is 1. The molecule has 0 unspecified atom stereocenters. The zero-order valence-electron chi connectivity index (χ0n) is 11.9. The Morgan fingerprint density at radius 1 is 1.35 bits per heavy atom. The molecule has 1 aromatic rings. The summed E-state index contributed by atoms with van der Waals surface area (Å²) in [4.78, 5) is 11.6. The maximum Gasteiger partial charge on any atom is 0.417 e. The van der Waals surface area contributed by atoms with E-state index in [1.54, 1.807) is 0 Å². The second-order valence-corrected chi connectivity index (χ2v) is 6.71. The first kappa shape index (κ1) is 19.7. The molecule has 0 aliphatic carbocycles. The number of carbonyl (C=O) groups is 1. The number of amides is 1. The highest BCUT2D eigenvalue weighted by Crippen LogP contribution is 2.36. The van der Waals surface area contributed by atoms with Crippen molar-refractivity contribution in [2.75, 3.05) is 31.3 Å². The first-order valence-corrected chi connectivity index (χ1v) is 8.21. The van der Waals surface area contributed by atoms with Gasteiger partial charge in [-0.2, -0.15) is 13.2 Å². The van der Waals surface area contributed by atoms with Crippen molar-refractivity contribution in [3.8, 4) is 0 Å². The van der Waals surface area contributed by atoms with Crippen molar-refractivity contribution in [3.63, 3.8) is 0 Å². The summed E-state index contributed by atoms with van der Waals surface area (Å²) in [5.41, 5.74) is -1.25. The monoisotopic (exact) mass is 374 g/mol. The van der Waals surface area contributed by atoms with Crippen LogP contribution in [0.25, 0.3) is 0 Å². The van der Waals surface area contributed by atoms with Crippen LogP contribution in [0, 0.1) is 0 Å². The van der Waals surface area contributed by atoms with E-state index in [-0.39, 0.29) is 18.0 Å². The molecule has 1 rings (SSSR count). The number of halogens is 4. The fourth-order valence-corrected chi connectivity index (χ4v) is 2.57. The Balaban J connectivity index is 2.68. The van der Waals surface area contributed by atoms with Gasteiger partial charge in [0.2, 0.25) is 15.9 Å². The minimum atomic E-state index is -4.67. The lowest BCUT2D eigenvalue weighted by atomic mass is 10.2. The van der Waals surface area contributed by atoms with Gasteiger partial charge in [0.25, 0.3) is 0 Å². The molecule has 0 saturated heterocycles. The number of benzene rings is 1. The highest BCUT2D eigenvalue weighted by atomic mass is 35.5. The second-order valence-electron chi connectivity index (χ2n) is 4.37. The molecule has 6 nitrogen and oxygen atoms in total. The molecule has 0 aliphatic rings. The molecule has 1 amide bonds. The number of ether oxygens (including phenoxy) is 1. The van der Waals surface area contributed by atoms with Gasteiger partial charge in [0.15, 0.2) is 0 Å². The molecular formula is C12H14ClF3N2O4S. The topological polar surface area (TPSA) is 84.5 Å². The number of anilines is 1. The molecule has 0 aliphatic heterocycles. The van der Waals surface area contributed by atoms with Gasteiger partial charge in [-0.25, -0.2) is 13.1 Å². The minimum Gasteiger partial charge on any atom is -0.384 e. The smallest absolute Gasteiger partial charge is 0.384 e. The van der Waals surface area contributed by atoms with Crippen LogP contribution in [0.15, 0.2) is 18.2 Å². The highest BCUT2D eigenvalue weighted by molar-refractivity contribution is 7.89. The molecule has 0 saturated carbocycles. The Hall–Kier alpha value is -1.36. The third-order valence-electron chi connectivity index (χ3n) is 2.56. The van der Waals surface area contributed by atoms with Crippen molar-refractivity contribution in [1.29, 1.82) is 0 Å². The summed E-state index contributed by atoms with van der Waals surface area (Å²) in [6.45, 7) is -0.668. The minimum absolute atomic E-state index is 0.0525. The lowest BCUT2D eigenvalue weighted by Gasteiger charge is -2.12. The van der Waals surface area contributed by atoms with Crippen LogP contribution in [0.1, 0.15) is 5.56 Å². The third kappa shape index (κ3) is 6.73. The number of methoxy groups -OCH3 is 1. The van der Waals surface area contributed by atoms with Crippen LogP contribution in [0.2, 0.25) is 5.02 Å². The molecule has 0 radical (unpaired) electrons. The Labute approximate surface area is 136 Å². The first-order valence-electron chi connectivity index (χ1n) is 6.18. The van der Waals surface area contributed by atoms with Crippen LogP contribution in [0.5, 0.6) is 0 Å². The number of sulfonamides is 1. The Morgan fingerprint density at radius 2 is 2.00 bits per heavy atom. The van der Waals surface area contributed by atoms with Crippen LogP contribution >= 0.6 is 11.6 Å². The number of alkyl halides is 3. The molecule has 130 valence electrons. The predicted molar refractivity (Wildman–Crippen MR) is 78.7 cm³/mol. The van der Waals surface area contributed by atoms with Crippen molar-refractivity contribution >= 4 is 33.2 Å². The Morgan fingerprint density at radius 3 is 2.57 bits per heavy atom. The fraction of sp³-hybridized carbons (Fsp3) is 0.417. The maximum absolute atomic E-state index is 12.7. The normalized spacial score (nSPS) is 12.2. The molecule has 2 N–H and O–H groups in total. The van der Waals surface area contributed by atoms with Crippen molar-refractivity contribution in [2.24, 2.45) is 0 Å². The molecule has 0 aromatic heterocycles. The number of nitrogens with one attached hydrogen (secondary N) is 2. The van der Waals surface area contributed by atoms with E-state index in [0.29, 0.717) is 6.07 Å². The number of hydrogen-bond donors (Lipinski definition) is 2. The summed E-state index contributed by atoms with van der Waals surface area (Å²) >= 11 is 5.45. The van der Waals surface area contributed by atoms with Crippen LogP contribution in [-0.2, 0) is 25.7 Å². The molecule has 23 heavy (non-hydrogen) atoms. The lowest BCUT2D eigenvalue weighted by Crippen LogP contribution is -2.35. The van der Waals surface area contributed by atoms with Gasteiger partial charge in [-0.3, -0.25) is 4.79 Å². The van der Waals surface area contributed by atoms with Gasteiger partial charge in [-0.15, -0.1) is 0 Å². The molecule has 0 spiro atoms. The van der Waals surface area contributed by atoms with E-state index in [0.717, 1.165) is 6.07 Å². The van der Waals surface area contributed by atoms with E-state index in [4.69, 9.17) is 11.6 Å². The summed E-state index contributed by atoms with van der Waals surface area (Å²) in [7, 11) is -2.39. The first-order chi connectivity index (χ1) is 10.5. The van der Waals surface area contributed by atoms with Gasteiger partial charge in [-0.05, 0) is 18.2 Å². The molecule has 0 heterocycles. The molecule has 1 aromatic carbocycles. The van der Waals surface area contributed by atoms with Crippen LogP contribution in [0.3, 0.4) is 0 Å². The predicted octanol–water partition coefficient (Wildman–Crippen LogP) is 1.86. The van der Waals surface area contributed by atoms with Gasteiger partial charge >= 0.3 is 6.18 Å². The van der Waals surface area contributed by atoms with Crippen molar-refractivity contribution in [3.05, 3.63) is 28.8 Å². The van der Waals surface area contributed by atoms with E-state index in [1.165, 1.54) is 13.2 Å². The largest absolute Gasteiger partial charge is 0.417 e. The molecule has 0 bridgehead atoms. The number of rotatable bonds is 7. The average Bonchev–Trinajstić information content (AvgIpc) is 2.44. The van der Waals surface area contributed by atoms with Crippen LogP contribution < -0.4 is 10.0 Å². The van der Waals surface area contributed by atoms with Gasteiger partial charge < -0.3 is 10.1 Å². The summed E-state index contributed by atoms with van der Waals surface area (Å²) < 4.78 is 67.5. The van der Waals surface area contributed by atoms with Crippen molar-refractivity contribution in [2.45, 2.75) is 6.18 Å². The van der Waals surface area contributed by atoms with Gasteiger partial charge in [-0.1, -0.05) is 11.6 Å². The zero-order valence-corrected chi connectivity index (χ0v) is 13.5. The quantitative estimate of drug-likeness (QED) is 0.763. The van der Waals surface area contributed by atoms with Gasteiger partial charge in [0.05, 0.1) is 29.5 Å². The molecule has 11 heteroatoms. The van der Waals surface area contributed by atoms with Crippen LogP contribution in [-0.4, -0.2) is 40.3 Å². The molecule has 0 fully saturated rings. The number of hydrogen-bond acceptors (Lipinski definition) is 4. The second kappa shape index (κ2) is 7.95. The van der Waals surface area contributed by atoms with Gasteiger partial charge in [0.1, 0.15) is 0 Å². The molecular weight excluding hydrogens is 361 g/mol. The standard InChI is InChI=1S/C12H14ClF3N2O4S/c1-22-4-5-23(20,21)17-7-11(19)18-8-2-3-10(13)9(6-8)12(14,15)16/h2-3,6,17H,4-5,7H2,1H3,(H,18,19). The summed E-state index contributed by atoms with van der Waals surface area (Å²) in [5, 5.41) is 1.65. The van der Waals surface area contributed by atoms with E-state index in [2.05, 4.69) is 10.1 Å². The summed E-state index contributed by atoms with van der Waals surface area (Å²) in [6.07, 6.45) is -4.67. The van der Waals surface area contributed by atoms with Crippen LogP contribution in [0.4, 0.5) is 18.9 Å². The average molecular weight is 375 g/mol. The zero-order chi connectivity index (χ0) is 17.7. The van der Waals surface area contributed by atoms with E-state index in [1.807, 2.05) is 4.72 Å². The van der Waals surface area contributed by atoms with Crippen molar-refractivity contribution < 1.29 is 31.1 Å². The SMILES string of the molecule is COCCS(=O)(=O)NCC(=O)Nc1ccc(Cl)c(C(F)(F)F)c1. The third-order valence-corrected chi connectivity index (χ3v) is 4.18. The summed E-state index contributed by atoms with van der Waals surface area (Å²) in [6, 6.07) is 2.83. The Bertz CT molecular complexity index is 665. The lowest BCUT2D eigenvalue weighted by molar-refractivity contribution is -0.137. The maximum atomic E-state index is 12.7. The fourth-order valence-electron chi connectivity index (χ4n) is 1.47. The van der Waals surface area contributed by atoms with E-state index in [9.17, 15) is 26.4 Å². The summed E-state index contributed by atoms with van der Waals surface area (Å²) in [5.74, 6) is -1.16. The van der Waals surface area contributed by atoms with Crippen molar-refractivity contribution in [1.82, 2.24) is 4.72 Å².